The zero-order valence-corrected chi connectivity index (χ0v) is 22.0. The van der Waals surface area contributed by atoms with Crippen molar-refractivity contribution in [1.29, 1.82) is 0 Å². The van der Waals surface area contributed by atoms with Crippen LogP contribution >= 0.6 is 0 Å². The number of ether oxygens (including phenoxy) is 3. The van der Waals surface area contributed by atoms with Crippen molar-refractivity contribution in [1.82, 2.24) is 16.0 Å². The third kappa shape index (κ3) is 10.5. The van der Waals surface area contributed by atoms with E-state index < -0.39 is 91.5 Å². The number of nitrogens with two attached hydrogens (primary N) is 1. The number of primary amides is 1. The molecule has 38 heavy (non-hydrogen) atoms. The van der Waals surface area contributed by atoms with Gasteiger partial charge in [0.1, 0.15) is 42.5 Å². The molecule has 0 aromatic carbocycles. The van der Waals surface area contributed by atoms with E-state index in [1.54, 1.807) is 0 Å². The van der Waals surface area contributed by atoms with E-state index in [2.05, 4.69) is 16.0 Å². The molecule has 8 N–H and O–H groups in total. The minimum absolute atomic E-state index is 0.226. The molecule has 1 heterocycles. The third-order valence-corrected chi connectivity index (χ3v) is 5.79. The lowest BCUT2D eigenvalue weighted by atomic mass is 9.96. The normalized spacial score (nSPS) is 25.5. The van der Waals surface area contributed by atoms with Crippen LogP contribution < -0.4 is 21.7 Å². The molecule has 0 aromatic heterocycles. The summed E-state index contributed by atoms with van der Waals surface area (Å²) in [5, 5.41) is 36.5. The summed E-state index contributed by atoms with van der Waals surface area (Å²) in [6.07, 6.45) is -5.23. The van der Waals surface area contributed by atoms with Crippen LogP contribution in [-0.2, 0) is 38.2 Å². The Bertz CT molecular complexity index is 827. The number of amides is 4. The second kappa shape index (κ2) is 16.2. The van der Waals surface area contributed by atoms with E-state index in [-0.39, 0.29) is 13.0 Å². The first-order valence-electron chi connectivity index (χ1n) is 12.4. The molecule has 8 atom stereocenters. The van der Waals surface area contributed by atoms with Gasteiger partial charge in [-0.1, -0.05) is 13.3 Å². The summed E-state index contributed by atoms with van der Waals surface area (Å²) in [5.74, 6) is -4.13. The Balaban J connectivity index is 2.92. The molecule has 0 aromatic rings. The van der Waals surface area contributed by atoms with Gasteiger partial charge in [-0.15, -0.1) is 0 Å². The molecular formula is C23H40N4O11. The molecule has 1 aliphatic rings. The van der Waals surface area contributed by atoms with Gasteiger partial charge < -0.3 is 51.2 Å². The quantitative estimate of drug-likeness (QED) is 0.0995. The van der Waals surface area contributed by atoms with E-state index in [1.165, 1.54) is 20.8 Å². The standard InChI is InChI=1S/C23H40N4O11/c1-5-6-9-36-23-17(26-13(4)29)19(18(32)15(10-28)38-23)37-12(3)22(35)25-11(2)21(34)27-14(20(24)33)7-8-16(30)31/h11-12,14-15,17-19,23,28,32H,5-10H2,1-4H3,(H2,24,33)(H,25,35)(H,26,29)(H,27,34)(H,30,31)/t11-,12?,14+,15+,17+,18+,19+,23-/m0/s1. The van der Waals surface area contributed by atoms with Crippen molar-refractivity contribution in [2.45, 2.75) is 102 Å². The van der Waals surface area contributed by atoms with E-state index in [0.717, 1.165) is 6.42 Å². The van der Waals surface area contributed by atoms with Crippen molar-refractivity contribution in [3.05, 3.63) is 0 Å². The van der Waals surface area contributed by atoms with Gasteiger partial charge in [0.25, 0.3) is 0 Å². The summed E-state index contributed by atoms with van der Waals surface area (Å²) in [4.78, 5) is 59.4. The highest BCUT2D eigenvalue weighted by molar-refractivity contribution is 5.92. The van der Waals surface area contributed by atoms with Gasteiger partial charge >= 0.3 is 5.97 Å². The number of carbonyl (C=O) groups excluding carboxylic acids is 4. The maximum Gasteiger partial charge on any atom is 0.303 e. The molecule has 1 aliphatic heterocycles. The lowest BCUT2D eigenvalue weighted by Crippen LogP contribution is -2.66. The van der Waals surface area contributed by atoms with Crippen LogP contribution in [0.15, 0.2) is 0 Å². The van der Waals surface area contributed by atoms with Crippen LogP contribution in [0.4, 0.5) is 0 Å². The zero-order chi connectivity index (χ0) is 29.0. The lowest BCUT2D eigenvalue weighted by Gasteiger charge is -2.44. The number of aliphatic hydroxyl groups excluding tert-OH is 2. The number of hydrogen-bond acceptors (Lipinski definition) is 10. The van der Waals surface area contributed by atoms with Crippen LogP contribution in [0.3, 0.4) is 0 Å². The Kier molecular flexibility index (Phi) is 14.1. The maximum absolute atomic E-state index is 12.8. The molecule has 15 nitrogen and oxygen atoms in total. The maximum atomic E-state index is 12.8. The Morgan fingerprint density at radius 1 is 1.11 bits per heavy atom. The Labute approximate surface area is 220 Å². The summed E-state index contributed by atoms with van der Waals surface area (Å²) >= 11 is 0. The van der Waals surface area contributed by atoms with Gasteiger partial charge in [-0.05, 0) is 26.7 Å². The second-order valence-electron chi connectivity index (χ2n) is 9.04. The summed E-state index contributed by atoms with van der Waals surface area (Å²) < 4.78 is 17.1. The second-order valence-corrected chi connectivity index (χ2v) is 9.04. The van der Waals surface area contributed by atoms with Gasteiger partial charge in [-0.25, -0.2) is 0 Å². The lowest BCUT2D eigenvalue weighted by molar-refractivity contribution is -0.280. The molecule has 1 saturated heterocycles. The van der Waals surface area contributed by atoms with E-state index in [0.29, 0.717) is 6.42 Å². The molecule has 0 bridgehead atoms. The molecule has 1 unspecified atom stereocenters. The number of unbranched alkanes of at least 4 members (excludes halogenated alkanes) is 1. The molecular weight excluding hydrogens is 508 g/mol. The average Bonchev–Trinajstić information content (AvgIpc) is 2.84. The molecule has 0 aliphatic carbocycles. The monoisotopic (exact) mass is 548 g/mol. The molecule has 4 amide bonds. The summed E-state index contributed by atoms with van der Waals surface area (Å²) in [7, 11) is 0. The molecule has 1 fully saturated rings. The Morgan fingerprint density at radius 3 is 2.29 bits per heavy atom. The summed E-state index contributed by atoms with van der Waals surface area (Å²) in [6.45, 7) is 5.58. The molecule has 0 spiro atoms. The fourth-order valence-electron chi connectivity index (χ4n) is 3.65. The SMILES string of the molecule is CCCCO[C@H]1O[C@H](CO)[C@@H](O)[C@H](OC(C)C(=O)N[C@@H](C)C(=O)N[C@H](CCC(=O)O)C(N)=O)[C@H]1NC(C)=O. The molecule has 1 rings (SSSR count). The highest BCUT2D eigenvalue weighted by Crippen LogP contribution is 2.26. The van der Waals surface area contributed by atoms with Gasteiger partial charge in [0.15, 0.2) is 6.29 Å². The minimum atomic E-state index is -1.44. The number of carbonyl (C=O) groups is 5. The topological polar surface area (TPSA) is 236 Å². The smallest absolute Gasteiger partial charge is 0.303 e. The minimum Gasteiger partial charge on any atom is -0.481 e. The van der Waals surface area contributed by atoms with Gasteiger partial charge in [0, 0.05) is 20.0 Å². The number of rotatable bonds is 16. The highest BCUT2D eigenvalue weighted by Gasteiger charge is 2.48. The number of aliphatic hydroxyl groups is 2. The van der Waals surface area contributed by atoms with Crippen molar-refractivity contribution in [2.24, 2.45) is 5.73 Å². The number of hydrogen-bond donors (Lipinski definition) is 7. The van der Waals surface area contributed by atoms with Gasteiger partial charge in [0.05, 0.1) is 6.61 Å². The van der Waals surface area contributed by atoms with Crippen LogP contribution in [0.2, 0.25) is 0 Å². The number of aliphatic carboxylic acids is 1. The molecule has 0 radical (unpaired) electrons. The first kappa shape index (κ1) is 33.2. The number of nitrogens with one attached hydrogen (secondary N) is 3. The van der Waals surface area contributed by atoms with Crippen LogP contribution in [0, 0.1) is 0 Å². The van der Waals surface area contributed by atoms with Crippen molar-refractivity contribution in [3.8, 4) is 0 Å². The number of carboxylic acid groups (broad SMARTS) is 1. The van der Waals surface area contributed by atoms with E-state index in [9.17, 15) is 34.2 Å². The van der Waals surface area contributed by atoms with E-state index in [4.69, 9.17) is 25.1 Å². The van der Waals surface area contributed by atoms with Crippen LogP contribution in [0.25, 0.3) is 0 Å². The molecule has 0 saturated carbocycles. The van der Waals surface area contributed by atoms with Gasteiger partial charge in [0.2, 0.25) is 23.6 Å². The van der Waals surface area contributed by atoms with E-state index in [1.807, 2.05) is 6.92 Å². The number of carboxylic acids is 1. The Morgan fingerprint density at radius 2 is 1.76 bits per heavy atom. The van der Waals surface area contributed by atoms with Gasteiger partial charge in [-0.3, -0.25) is 24.0 Å². The van der Waals surface area contributed by atoms with E-state index >= 15 is 0 Å². The van der Waals surface area contributed by atoms with Gasteiger partial charge in [-0.2, -0.15) is 0 Å². The summed E-state index contributed by atoms with van der Waals surface area (Å²) in [6, 6.07) is -3.44. The predicted molar refractivity (Wildman–Crippen MR) is 130 cm³/mol. The average molecular weight is 549 g/mol. The fourth-order valence-corrected chi connectivity index (χ4v) is 3.65. The van der Waals surface area contributed by atoms with Crippen molar-refractivity contribution < 1.29 is 53.5 Å². The fraction of sp³-hybridized carbons (Fsp3) is 0.783. The van der Waals surface area contributed by atoms with Crippen molar-refractivity contribution >= 4 is 29.6 Å². The first-order valence-corrected chi connectivity index (χ1v) is 12.4. The van der Waals surface area contributed by atoms with Crippen LogP contribution in [0.1, 0.15) is 53.4 Å². The predicted octanol–water partition coefficient (Wildman–Crippen LogP) is -2.50. The first-order chi connectivity index (χ1) is 17.8. The third-order valence-electron chi connectivity index (χ3n) is 5.79. The summed E-state index contributed by atoms with van der Waals surface area (Å²) in [5.41, 5.74) is 5.21. The van der Waals surface area contributed by atoms with Crippen LogP contribution in [0.5, 0.6) is 0 Å². The zero-order valence-electron chi connectivity index (χ0n) is 22.0. The largest absolute Gasteiger partial charge is 0.481 e. The van der Waals surface area contributed by atoms with Crippen molar-refractivity contribution in [2.75, 3.05) is 13.2 Å². The van der Waals surface area contributed by atoms with Crippen LogP contribution in [-0.4, -0.2) is 107 Å². The molecule has 15 heteroatoms. The molecule has 218 valence electrons. The van der Waals surface area contributed by atoms with Crippen molar-refractivity contribution in [3.63, 3.8) is 0 Å². The highest BCUT2D eigenvalue weighted by atomic mass is 16.7. The Hall–Kier alpha value is -2.85.